The summed E-state index contributed by atoms with van der Waals surface area (Å²) < 4.78 is 80.2. The van der Waals surface area contributed by atoms with Crippen LogP contribution in [0.25, 0.3) is 0 Å². The summed E-state index contributed by atoms with van der Waals surface area (Å²) in [6.07, 6.45) is -9.31. The number of halogens is 8. The fourth-order valence-electron chi connectivity index (χ4n) is 0.937. The Labute approximate surface area is 118 Å². The Bertz CT molecular complexity index is 437. The summed E-state index contributed by atoms with van der Waals surface area (Å²) in [6, 6.07) is 0.869. The third-order valence-corrected chi connectivity index (χ3v) is 2.15. The van der Waals surface area contributed by atoms with Gasteiger partial charge in [0.2, 0.25) is 11.8 Å². The number of hydrogen-bond acceptors (Lipinski definition) is 3. The number of aromatic nitrogens is 1. The highest BCUT2D eigenvalue weighted by molar-refractivity contribution is 6.36. The highest BCUT2D eigenvalue weighted by Crippen LogP contribution is 2.33. The summed E-state index contributed by atoms with van der Waals surface area (Å²) in [5.41, 5.74) is 0. The minimum Gasteiger partial charge on any atom is -0.467 e. The minimum atomic E-state index is -4.66. The second-order valence-electron chi connectivity index (χ2n) is 3.37. The molecule has 1 aromatic heterocycles. The van der Waals surface area contributed by atoms with Gasteiger partial charge in [0, 0.05) is 0 Å². The molecule has 3 nitrogen and oxygen atoms in total. The molecule has 1 heterocycles. The molecule has 0 aromatic carbocycles. The van der Waals surface area contributed by atoms with Crippen molar-refractivity contribution in [1.29, 1.82) is 0 Å². The lowest BCUT2D eigenvalue weighted by atomic mass is 10.4. The van der Waals surface area contributed by atoms with Gasteiger partial charge < -0.3 is 9.47 Å². The average molecular weight is 344 g/mol. The Morgan fingerprint density at radius 2 is 1.20 bits per heavy atom. The number of nitrogens with zero attached hydrogens (tertiary/aromatic N) is 1. The van der Waals surface area contributed by atoms with Crippen LogP contribution < -0.4 is 9.47 Å². The van der Waals surface area contributed by atoms with Crippen molar-refractivity contribution in [3.63, 3.8) is 0 Å². The molecule has 0 N–H and O–H groups in total. The molecule has 20 heavy (non-hydrogen) atoms. The van der Waals surface area contributed by atoms with E-state index < -0.39 is 47.4 Å². The molecule has 0 radical (unpaired) electrons. The molecule has 1 aromatic rings. The molecule has 0 atom stereocenters. The molecule has 0 saturated heterocycles. The molecular weight excluding hydrogens is 339 g/mol. The monoisotopic (exact) mass is 343 g/mol. The smallest absolute Gasteiger partial charge is 0.422 e. The van der Waals surface area contributed by atoms with Crippen LogP contribution in [0.5, 0.6) is 11.8 Å². The standard InChI is InChI=1S/C9H5Cl2F6NO2/c10-4-1-5(11)7(20-3-9(15,16)17)18-6(4)19-2-8(12,13)14/h1H,2-3H2. The van der Waals surface area contributed by atoms with Crippen molar-refractivity contribution in [2.45, 2.75) is 12.4 Å². The van der Waals surface area contributed by atoms with Gasteiger partial charge in [0.25, 0.3) is 0 Å². The quantitative estimate of drug-likeness (QED) is 0.765. The zero-order chi connectivity index (χ0) is 15.6. The van der Waals surface area contributed by atoms with E-state index in [0.717, 1.165) is 6.07 Å². The van der Waals surface area contributed by atoms with Gasteiger partial charge in [-0.05, 0) is 6.07 Å². The number of pyridine rings is 1. The lowest BCUT2D eigenvalue weighted by Crippen LogP contribution is -2.21. The first-order valence-electron chi connectivity index (χ1n) is 4.73. The van der Waals surface area contributed by atoms with Crippen molar-refractivity contribution in [3.05, 3.63) is 16.1 Å². The van der Waals surface area contributed by atoms with E-state index in [1.165, 1.54) is 0 Å². The summed E-state index contributed by atoms with van der Waals surface area (Å²) in [5, 5.41) is -0.780. The van der Waals surface area contributed by atoms with Gasteiger partial charge >= 0.3 is 12.4 Å². The SMILES string of the molecule is FC(F)(F)COc1nc(OCC(F)(F)F)c(Cl)cc1Cl. The molecule has 11 heteroatoms. The van der Waals surface area contributed by atoms with E-state index in [1.807, 2.05) is 0 Å². The maximum atomic E-state index is 12.0. The van der Waals surface area contributed by atoms with Crippen molar-refractivity contribution in [2.75, 3.05) is 13.2 Å². The predicted octanol–water partition coefficient (Wildman–Crippen LogP) is 4.27. The van der Waals surface area contributed by atoms with Gasteiger partial charge in [-0.25, -0.2) is 0 Å². The highest BCUT2D eigenvalue weighted by atomic mass is 35.5. The number of ether oxygens (including phenoxy) is 2. The molecule has 0 aliphatic heterocycles. The summed E-state index contributed by atoms with van der Waals surface area (Å²) >= 11 is 11.0. The number of hydrogen-bond donors (Lipinski definition) is 0. The maximum absolute atomic E-state index is 12.0. The van der Waals surface area contributed by atoms with E-state index >= 15 is 0 Å². The van der Waals surface area contributed by atoms with E-state index in [0.29, 0.717) is 0 Å². The molecule has 0 saturated carbocycles. The van der Waals surface area contributed by atoms with Gasteiger partial charge in [-0.3, -0.25) is 0 Å². The van der Waals surface area contributed by atoms with Gasteiger partial charge in [-0.15, -0.1) is 0 Å². The first-order chi connectivity index (χ1) is 8.98. The number of rotatable bonds is 4. The van der Waals surface area contributed by atoms with E-state index in [9.17, 15) is 26.3 Å². The lowest BCUT2D eigenvalue weighted by molar-refractivity contribution is -0.155. The Balaban J connectivity index is 2.86. The molecule has 1 rings (SSSR count). The predicted molar refractivity (Wildman–Crippen MR) is 57.4 cm³/mol. The van der Waals surface area contributed by atoms with Crippen molar-refractivity contribution in [3.8, 4) is 11.8 Å². The van der Waals surface area contributed by atoms with E-state index in [-0.39, 0.29) is 0 Å². The van der Waals surface area contributed by atoms with Crippen LogP contribution in [-0.4, -0.2) is 30.6 Å². The van der Waals surface area contributed by atoms with Gasteiger partial charge in [0.15, 0.2) is 13.2 Å². The summed E-state index contributed by atoms with van der Waals surface area (Å²) in [6.45, 7) is -3.42. The minimum absolute atomic E-state index is 0.390. The highest BCUT2D eigenvalue weighted by Gasteiger charge is 2.31. The largest absolute Gasteiger partial charge is 0.467 e. The first kappa shape index (κ1) is 17.0. The zero-order valence-electron chi connectivity index (χ0n) is 9.28. The summed E-state index contributed by atoms with van der Waals surface area (Å²) in [5.74, 6) is -1.46. The van der Waals surface area contributed by atoms with Crippen LogP contribution in [0.2, 0.25) is 10.0 Å². The summed E-state index contributed by atoms with van der Waals surface area (Å²) in [7, 11) is 0. The molecule has 0 fully saturated rings. The van der Waals surface area contributed by atoms with Crippen molar-refractivity contribution in [2.24, 2.45) is 0 Å². The lowest BCUT2D eigenvalue weighted by Gasteiger charge is -2.13. The maximum Gasteiger partial charge on any atom is 0.422 e. The molecule has 0 bridgehead atoms. The zero-order valence-corrected chi connectivity index (χ0v) is 10.8. The van der Waals surface area contributed by atoms with Gasteiger partial charge in [-0.1, -0.05) is 23.2 Å². The van der Waals surface area contributed by atoms with Crippen LogP contribution >= 0.6 is 23.2 Å². The molecule has 0 amide bonds. The Morgan fingerprint density at radius 1 is 0.850 bits per heavy atom. The van der Waals surface area contributed by atoms with Crippen molar-refractivity contribution >= 4 is 23.2 Å². The molecule has 0 aliphatic rings. The van der Waals surface area contributed by atoms with Crippen molar-refractivity contribution in [1.82, 2.24) is 4.98 Å². The molecule has 0 unspecified atom stereocenters. The average Bonchev–Trinajstić information content (AvgIpc) is 2.24. The first-order valence-corrected chi connectivity index (χ1v) is 5.49. The van der Waals surface area contributed by atoms with Gasteiger partial charge in [-0.2, -0.15) is 31.3 Å². The Morgan fingerprint density at radius 3 is 1.50 bits per heavy atom. The third-order valence-electron chi connectivity index (χ3n) is 1.61. The van der Waals surface area contributed by atoms with Crippen LogP contribution in [0.3, 0.4) is 0 Å². The molecular formula is C9H5Cl2F6NO2. The third kappa shape index (κ3) is 5.91. The fraction of sp³-hybridized carbons (Fsp3) is 0.444. The van der Waals surface area contributed by atoms with Crippen LogP contribution in [0, 0.1) is 0 Å². The molecule has 0 aliphatic carbocycles. The normalized spacial score (nSPS) is 12.4. The fourth-order valence-corrected chi connectivity index (χ4v) is 1.40. The second kappa shape index (κ2) is 6.13. The Hall–Kier alpha value is -1.09. The number of alkyl halides is 6. The van der Waals surface area contributed by atoms with E-state index in [4.69, 9.17) is 23.2 Å². The Kier molecular flexibility index (Phi) is 5.20. The van der Waals surface area contributed by atoms with E-state index in [1.54, 1.807) is 0 Å². The van der Waals surface area contributed by atoms with Crippen LogP contribution in [0.1, 0.15) is 0 Å². The molecule has 114 valence electrons. The van der Waals surface area contributed by atoms with E-state index in [2.05, 4.69) is 14.5 Å². The van der Waals surface area contributed by atoms with Crippen LogP contribution in [0.4, 0.5) is 26.3 Å². The van der Waals surface area contributed by atoms with Crippen molar-refractivity contribution < 1.29 is 35.8 Å². The molecule has 0 spiro atoms. The second-order valence-corrected chi connectivity index (χ2v) is 4.18. The van der Waals surface area contributed by atoms with Gasteiger partial charge in [0.1, 0.15) is 10.0 Å². The van der Waals surface area contributed by atoms with Crippen LogP contribution in [0.15, 0.2) is 6.07 Å². The summed E-state index contributed by atoms with van der Waals surface area (Å²) in [4.78, 5) is 3.27. The van der Waals surface area contributed by atoms with Crippen LogP contribution in [-0.2, 0) is 0 Å². The topological polar surface area (TPSA) is 31.4 Å². The van der Waals surface area contributed by atoms with Gasteiger partial charge in [0.05, 0.1) is 0 Å².